The van der Waals surface area contributed by atoms with Crippen molar-refractivity contribution in [2.24, 2.45) is 17.6 Å². The van der Waals surface area contributed by atoms with Gasteiger partial charge in [0.25, 0.3) is 0 Å². The van der Waals surface area contributed by atoms with Gasteiger partial charge in [0.05, 0.1) is 6.04 Å². The molecule has 1 aromatic heterocycles. The van der Waals surface area contributed by atoms with Crippen molar-refractivity contribution in [3.05, 3.63) is 22.4 Å². The molecule has 1 aromatic rings. The van der Waals surface area contributed by atoms with Gasteiger partial charge in [-0.2, -0.15) is 0 Å². The Bertz CT molecular complexity index is 360. The van der Waals surface area contributed by atoms with E-state index in [9.17, 15) is 4.79 Å². The molecule has 3 heteroatoms. The molecule has 0 aromatic carbocycles. The summed E-state index contributed by atoms with van der Waals surface area (Å²) < 4.78 is 0. The van der Waals surface area contributed by atoms with Crippen molar-refractivity contribution < 1.29 is 4.79 Å². The van der Waals surface area contributed by atoms with Crippen LogP contribution >= 0.6 is 11.3 Å². The van der Waals surface area contributed by atoms with E-state index in [-0.39, 0.29) is 11.7 Å². The number of carbonyl (C=O) groups excluding carboxylic acids is 1. The first-order valence-electron chi connectivity index (χ1n) is 6.56. The first kappa shape index (κ1) is 12.8. The van der Waals surface area contributed by atoms with E-state index >= 15 is 0 Å². The van der Waals surface area contributed by atoms with E-state index in [0.29, 0.717) is 5.92 Å². The highest BCUT2D eigenvalue weighted by atomic mass is 32.1. The van der Waals surface area contributed by atoms with Crippen LogP contribution in [0.2, 0.25) is 0 Å². The molecule has 1 heterocycles. The Hall–Kier alpha value is -0.670. The molecule has 0 saturated heterocycles. The van der Waals surface area contributed by atoms with Crippen LogP contribution in [0.5, 0.6) is 0 Å². The molecule has 0 spiro atoms. The van der Waals surface area contributed by atoms with Crippen LogP contribution in [0.3, 0.4) is 0 Å². The molecule has 2 nitrogen and oxygen atoms in total. The summed E-state index contributed by atoms with van der Waals surface area (Å²) in [6, 6.07) is 3.54. The SMILES string of the molecule is CCC1CCCCC1C(=O)C(N)c1cccs1. The van der Waals surface area contributed by atoms with Crippen LogP contribution in [-0.4, -0.2) is 5.78 Å². The van der Waals surface area contributed by atoms with E-state index < -0.39 is 6.04 Å². The predicted octanol–water partition coefficient (Wildman–Crippen LogP) is 3.53. The molecule has 1 aliphatic rings. The molecule has 94 valence electrons. The maximum atomic E-state index is 12.4. The van der Waals surface area contributed by atoms with Crippen molar-refractivity contribution in [3.63, 3.8) is 0 Å². The van der Waals surface area contributed by atoms with Crippen LogP contribution in [-0.2, 0) is 4.79 Å². The largest absolute Gasteiger partial charge is 0.317 e. The fourth-order valence-corrected chi connectivity index (χ4v) is 3.64. The van der Waals surface area contributed by atoms with E-state index in [1.807, 2.05) is 17.5 Å². The normalized spacial score (nSPS) is 26.7. The molecule has 17 heavy (non-hydrogen) atoms. The highest BCUT2D eigenvalue weighted by Gasteiger charge is 2.33. The van der Waals surface area contributed by atoms with Gasteiger partial charge in [-0.15, -0.1) is 11.3 Å². The van der Waals surface area contributed by atoms with Crippen LogP contribution in [0.25, 0.3) is 0 Å². The molecular formula is C14H21NOS. The van der Waals surface area contributed by atoms with Gasteiger partial charge >= 0.3 is 0 Å². The topological polar surface area (TPSA) is 43.1 Å². The molecule has 0 aliphatic heterocycles. The number of hydrogen-bond donors (Lipinski definition) is 1. The lowest BCUT2D eigenvalue weighted by molar-refractivity contribution is -0.127. The first-order chi connectivity index (χ1) is 8.24. The van der Waals surface area contributed by atoms with Gasteiger partial charge in [-0.05, 0) is 30.2 Å². The average Bonchev–Trinajstić information content (AvgIpc) is 2.90. The molecule has 1 aliphatic carbocycles. The smallest absolute Gasteiger partial charge is 0.158 e. The summed E-state index contributed by atoms with van der Waals surface area (Å²) in [5.74, 6) is 1.02. The van der Waals surface area contributed by atoms with Gasteiger partial charge in [-0.25, -0.2) is 0 Å². The lowest BCUT2D eigenvalue weighted by Gasteiger charge is -2.31. The molecule has 1 fully saturated rings. The third kappa shape index (κ3) is 2.78. The fourth-order valence-electron chi connectivity index (χ4n) is 2.91. The van der Waals surface area contributed by atoms with Gasteiger partial charge in [0.1, 0.15) is 0 Å². The Kier molecular flexibility index (Phi) is 4.35. The number of Topliss-reactive ketones (excluding diaryl/α,β-unsaturated/α-hetero) is 1. The number of hydrogen-bond acceptors (Lipinski definition) is 3. The third-order valence-electron chi connectivity index (χ3n) is 3.96. The van der Waals surface area contributed by atoms with Crippen LogP contribution in [0.4, 0.5) is 0 Å². The zero-order valence-corrected chi connectivity index (χ0v) is 11.2. The number of rotatable bonds is 4. The second kappa shape index (κ2) is 5.78. The zero-order valence-electron chi connectivity index (χ0n) is 10.4. The lowest BCUT2D eigenvalue weighted by Crippen LogP contribution is -2.34. The molecule has 2 N–H and O–H groups in total. The Morgan fingerprint density at radius 3 is 2.94 bits per heavy atom. The Labute approximate surface area is 107 Å². The fraction of sp³-hybridized carbons (Fsp3) is 0.643. The van der Waals surface area contributed by atoms with E-state index in [1.54, 1.807) is 11.3 Å². The molecule has 0 amide bonds. The zero-order chi connectivity index (χ0) is 12.3. The number of carbonyl (C=O) groups is 1. The Morgan fingerprint density at radius 1 is 1.53 bits per heavy atom. The Balaban J connectivity index is 2.07. The van der Waals surface area contributed by atoms with E-state index in [1.165, 1.54) is 19.3 Å². The lowest BCUT2D eigenvalue weighted by atomic mass is 9.74. The Morgan fingerprint density at radius 2 is 2.29 bits per heavy atom. The maximum Gasteiger partial charge on any atom is 0.158 e. The van der Waals surface area contributed by atoms with Gasteiger partial charge < -0.3 is 5.73 Å². The van der Waals surface area contributed by atoms with Crippen LogP contribution in [0.15, 0.2) is 17.5 Å². The monoisotopic (exact) mass is 251 g/mol. The average molecular weight is 251 g/mol. The van der Waals surface area contributed by atoms with Crippen molar-refractivity contribution in [1.82, 2.24) is 0 Å². The van der Waals surface area contributed by atoms with Crippen molar-refractivity contribution in [3.8, 4) is 0 Å². The van der Waals surface area contributed by atoms with Crippen molar-refractivity contribution in [2.45, 2.75) is 45.1 Å². The van der Waals surface area contributed by atoms with Crippen molar-refractivity contribution in [2.75, 3.05) is 0 Å². The highest BCUT2D eigenvalue weighted by Crippen LogP contribution is 2.35. The quantitative estimate of drug-likeness (QED) is 0.889. The standard InChI is InChI=1S/C14H21NOS/c1-2-10-6-3-4-7-11(10)14(16)13(15)12-8-5-9-17-12/h5,8-11,13H,2-4,6-7,15H2,1H3. The van der Waals surface area contributed by atoms with Gasteiger partial charge in [-0.1, -0.05) is 32.3 Å². The number of thiophene rings is 1. The van der Waals surface area contributed by atoms with E-state index in [2.05, 4.69) is 6.92 Å². The maximum absolute atomic E-state index is 12.4. The number of nitrogens with two attached hydrogens (primary N) is 1. The second-order valence-corrected chi connectivity index (χ2v) is 5.93. The minimum Gasteiger partial charge on any atom is -0.317 e. The minimum absolute atomic E-state index is 0.200. The minimum atomic E-state index is -0.396. The summed E-state index contributed by atoms with van der Waals surface area (Å²) in [5.41, 5.74) is 6.09. The molecule has 2 rings (SSSR count). The first-order valence-corrected chi connectivity index (χ1v) is 7.44. The molecule has 3 unspecified atom stereocenters. The summed E-state index contributed by atoms with van der Waals surface area (Å²) in [5, 5.41) is 1.99. The van der Waals surface area contributed by atoms with Crippen LogP contribution < -0.4 is 5.73 Å². The summed E-state index contributed by atoms with van der Waals surface area (Å²) in [4.78, 5) is 13.5. The van der Waals surface area contributed by atoms with Crippen LogP contribution in [0, 0.1) is 11.8 Å². The van der Waals surface area contributed by atoms with Gasteiger partial charge in [0.15, 0.2) is 5.78 Å². The second-order valence-electron chi connectivity index (χ2n) is 4.95. The molecule has 3 atom stereocenters. The summed E-state index contributed by atoms with van der Waals surface area (Å²) >= 11 is 1.59. The summed E-state index contributed by atoms with van der Waals surface area (Å²) in [7, 11) is 0. The van der Waals surface area contributed by atoms with Crippen LogP contribution in [0.1, 0.15) is 49.9 Å². The molecule has 1 saturated carbocycles. The molecule has 0 bridgehead atoms. The molecule has 0 radical (unpaired) electrons. The van der Waals surface area contributed by atoms with Gasteiger partial charge in [-0.3, -0.25) is 4.79 Å². The van der Waals surface area contributed by atoms with Gasteiger partial charge in [0.2, 0.25) is 0 Å². The third-order valence-corrected chi connectivity index (χ3v) is 4.91. The number of ketones is 1. The summed E-state index contributed by atoms with van der Waals surface area (Å²) in [6.07, 6.45) is 5.80. The highest BCUT2D eigenvalue weighted by molar-refractivity contribution is 7.10. The predicted molar refractivity (Wildman–Crippen MR) is 72.0 cm³/mol. The van der Waals surface area contributed by atoms with Gasteiger partial charge in [0, 0.05) is 10.8 Å². The van der Waals surface area contributed by atoms with E-state index in [0.717, 1.165) is 17.7 Å². The van der Waals surface area contributed by atoms with Crippen molar-refractivity contribution in [1.29, 1.82) is 0 Å². The van der Waals surface area contributed by atoms with E-state index in [4.69, 9.17) is 5.73 Å². The summed E-state index contributed by atoms with van der Waals surface area (Å²) in [6.45, 7) is 2.19. The van der Waals surface area contributed by atoms with Crippen molar-refractivity contribution >= 4 is 17.1 Å². The molecular weight excluding hydrogens is 230 g/mol.